The average Bonchev–Trinajstić information content (AvgIpc) is 2.35. The number of likely N-dealkylation sites (N-methyl/N-ethyl adjacent to an activating group) is 1. The summed E-state index contributed by atoms with van der Waals surface area (Å²) in [5.41, 5.74) is 2.02. The van der Waals surface area contributed by atoms with Crippen molar-refractivity contribution in [1.82, 2.24) is 9.62 Å². The fourth-order valence-corrected chi connectivity index (χ4v) is 2.77. The van der Waals surface area contributed by atoms with Crippen molar-refractivity contribution in [3.8, 4) is 0 Å². The largest absolute Gasteiger partial charge is 0.293 e. The summed E-state index contributed by atoms with van der Waals surface area (Å²) in [5.74, 6) is 0.981. The maximum Gasteiger partial charge on any atom is 0.176 e. The summed E-state index contributed by atoms with van der Waals surface area (Å²) in [6.07, 6.45) is 1.83. The van der Waals surface area contributed by atoms with Crippen LogP contribution >= 0.6 is 11.9 Å². The van der Waals surface area contributed by atoms with Crippen LogP contribution in [-0.2, 0) is 4.79 Å². The first-order valence-corrected chi connectivity index (χ1v) is 7.11. The standard InChI is InChI=1S/C13H22N2OS/c1-5-11-8-15(7-3)10(4)13(16)12(11)9-17-14-6-2/h5,10,14H,1,6-9H2,2-4H3. The average molecular weight is 254 g/mol. The van der Waals surface area contributed by atoms with Crippen LogP contribution in [-0.4, -0.2) is 42.1 Å². The van der Waals surface area contributed by atoms with Crippen molar-refractivity contribution < 1.29 is 4.79 Å². The molecule has 1 N–H and O–H groups in total. The Balaban J connectivity index is 2.84. The van der Waals surface area contributed by atoms with E-state index >= 15 is 0 Å². The smallest absolute Gasteiger partial charge is 0.176 e. The van der Waals surface area contributed by atoms with E-state index in [1.54, 1.807) is 11.9 Å². The van der Waals surface area contributed by atoms with Crippen molar-refractivity contribution in [2.24, 2.45) is 0 Å². The lowest BCUT2D eigenvalue weighted by Crippen LogP contribution is -2.45. The van der Waals surface area contributed by atoms with E-state index in [9.17, 15) is 4.79 Å². The molecular formula is C13H22N2OS. The first kappa shape index (κ1) is 14.5. The Kier molecular flexibility index (Phi) is 5.95. The summed E-state index contributed by atoms with van der Waals surface area (Å²) >= 11 is 1.60. The molecule has 3 nitrogen and oxygen atoms in total. The molecule has 17 heavy (non-hydrogen) atoms. The van der Waals surface area contributed by atoms with Crippen LogP contribution < -0.4 is 4.72 Å². The molecule has 0 saturated carbocycles. The number of ketones is 1. The van der Waals surface area contributed by atoms with Crippen LogP contribution in [0.3, 0.4) is 0 Å². The lowest BCUT2D eigenvalue weighted by atomic mass is 9.94. The molecule has 0 aromatic heterocycles. The van der Waals surface area contributed by atoms with E-state index in [1.807, 2.05) is 13.0 Å². The number of nitrogens with one attached hydrogen (secondary N) is 1. The van der Waals surface area contributed by atoms with Crippen molar-refractivity contribution in [3.63, 3.8) is 0 Å². The van der Waals surface area contributed by atoms with Gasteiger partial charge in [-0.3, -0.25) is 14.4 Å². The van der Waals surface area contributed by atoms with Crippen LogP contribution in [0, 0.1) is 0 Å². The highest BCUT2D eigenvalue weighted by atomic mass is 32.2. The van der Waals surface area contributed by atoms with E-state index in [0.29, 0.717) is 0 Å². The van der Waals surface area contributed by atoms with Gasteiger partial charge >= 0.3 is 0 Å². The van der Waals surface area contributed by atoms with Crippen molar-refractivity contribution in [3.05, 3.63) is 23.8 Å². The van der Waals surface area contributed by atoms with E-state index in [0.717, 1.165) is 36.5 Å². The summed E-state index contributed by atoms with van der Waals surface area (Å²) in [7, 11) is 0. The maximum absolute atomic E-state index is 12.3. The Morgan fingerprint density at radius 2 is 2.29 bits per heavy atom. The van der Waals surface area contributed by atoms with Gasteiger partial charge < -0.3 is 0 Å². The fraction of sp³-hybridized carbons (Fsp3) is 0.615. The minimum atomic E-state index is 0.000858. The number of Topliss-reactive ketones (excluding diaryl/α,β-unsaturated/α-hetero) is 1. The molecule has 0 bridgehead atoms. The minimum absolute atomic E-state index is 0.000858. The Labute approximate surface area is 108 Å². The van der Waals surface area contributed by atoms with Gasteiger partial charge in [-0.25, -0.2) is 0 Å². The van der Waals surface area contributed by atoms with Gasteiger partial charge in [-0.1, -0.05) is 38.5 Å². The molecule has 0 spiro atoms. The van der Waals surface area contributed by atoms with E-state index in [4.69, 9.17) is 0 Å². The summed E-state index contributed by atoms with van der Waals surface area (Å²) < 4.78 is 3.18. The Hall–Kier alpha value is -0.580. The summed E-state index contributed by atoms with van der Waals surface area (Å²) in [4.78, 5) is 14.5. The monoisotopic (exact) mass is 254 g/mol. The SMILES string of the molecule is C=CC1=C(CSNCC)C(=O)C(C)N(CC)C1. The molecule has 1 unspecified atom stereocenters. The summed E-state index contributed by atoms with van der Waals surface area (Å²) in [6.45, 7) is 12.6. The van der Waals surface area contributed by atoms with E-state index < -0.39 is 0 Å². The molecule has 1 aliphatic heterocycles. The number of hydrogen-bond acceptors (Lipinski definition) is 4. The van der Waals surface area contributed by atoms with E-state index in [-0.39, 0.29) is 11.8 Å². The van der Waals surface area contributed by atoms with Crippen LogP contribution in [0.15, 0.2) is 23.8 Å². The molecular weight excluding hydrogens is 232 g/mol. The second kappa shape index (κ2) is 6.99. The molecule has 1 rings (SSSR count). The van der Waals surface area contributed by atoms with Gasteiger partial charge in [-0.05, 0) is 19.0 Å². The highest BCUT2D eigenvalue weighted by Crippen LogP contribution is 2.23. The molecule has 0 aromatic rings. The third kappa shape index (κ3) is 3.44. The number of rotatable bonds is 6. The second-order valence-electron chi connectivity index (χ2n) is 4.10. The van der Waals surface area contributed by atoms with Gasteiger partial charge in [0, 0.05) is 24.4 Å². The molecule has 1 atom stereocenters. The number of carbonyl (C=O) groups excluding carboxylic acids is 1. The van der Waals surface area contributed by atoms with E-state index in [1.165, 1.54) is 0 Å². The van der Waals surface area contributed by atoms with Gasteiger partial charge in [0.1, 0.15) is 0 Å². The first-order valence-electron chi connectivity index (χ1n) is 6.13. The number of hydrogen-bond donors (Lipinski definition) is 1. The Morgan fingerprint density at radius 1 is 1.59 bits per heavy atom. The number of nitrogens with zero attached hydrogens (tertiary/aromatic N) is 1. The zero-order valence-electron chi connectivity index (χ0n) is 11.0. The molecule has 1 aliphatic rings. The molecule has 0 amide bonds. The topological polar surface area (TPSA) is 32.3 Å². The van der Waals surface area contributed by atoms with Gasteiger partial charge in [0.25, 0.3) is 0 Å². The van der Waals surface area contributed by atoms with Gasteiger partial charge in [-0.2, -0.15) is 0 Å². The molecule has 96 valence electrons. The van der Waals surface area contributed by atoms with Crippen molar-refractivity contribution in [1.29, 1.82) is 0 Å². The highest BCUT2D eigenvalue weighted by molar-refractivity contribution is 7.97. The third-order valence-corrected chi connectivity index (χ3v) is 4.03. The maximum atomic E-state index is 12.3. The van der Waals surface area contributed by atoms with E-state index in [2.05, 4.69) is 30.0 Å². The van der Waals surface area contributed by atoms with Gasteiger partial charge in [0.2, 0.25) is 0 Å². The molecule has 0 aliphatic carbocycles. The summed E-state index contributed by atoms with van der Waals surface area (Å²) in [6, 6.07) is 0.000858. The van der Waals surface area contributed by atoms with Crippen molar-refractivity contribution >= 4 is 17.7 Å². The van der Waals surface area contributed by atoms with Crippen LogP contribution in [0.5, 0.6) is 0 Å². The van der Waals surface area contributed by atoms with Gasteiger partial charge in [0.05, 0.1) is 6.04 Å². The van der Waals surface area contributed by atoms with Gasteiger partial charge in [0.15, 0.2) is 5.78 Å². The normalized spacial score (nSPS) is 22.1. The molecule has 1 heterocycles. The molecule has 0 fully saturated rings. The Bertz CT molecular complexity index is 325. The van der Waals surface area contributed by atoms with Crippen LogP contribution in [0.1, 0.15) is 20.8 Å². The minimum Gasteiger partial charge on any atom is -0.293 e. The zero-order chi connectivity index (χ0) is 12.8. The predicted molar refractivity (Wildman–Crippen MR) is 75.1 cm³/mol. The molecule has 0 aromatic carbocycles. The predicted octanol–water partition coefficient (Wildman–Crippen LogP) is 2.02. The number of carbonyl (C=O) groups is 1. The lowest BCUT2D eigenvalue weighted by molar-refractivity contribution is -0.120. The summed E-state index contributed by atoms with van der Waals surface area (Å²) in [5, 5.41) is 0. The highest BCUT2D eigenvalue weighted by Gasteiger charge is 2.30. The fourth-order valence-electron chi connectivity index (χ4n) is 1.99. The third-order valence-electron chi connectivity index (χ3n) is 3.10. The quantitative estimate of drug-likeness (QED) is 0.580. The zero-order valence-corrected chi connectivity index (χ0v) is 11.8. The van der Waals surface area contributed by atoms with Gasteiger partial charge in [-0.15, -0.1) is 0 Å². The molecule has 4 heteroatoms. The molecule has 0 saturated heterocycles. The van der Waals surface area contributed by atoms with Crippen LogP contribution in [0.2, 0.25) is 0 Å². The first-order chi connectivity index (χ1) is 8.15. The second-order valence-corrected chi connectivity index (χ2v) is 4.96. The lowest BCUT2D eigenvalue weighted by Gasteiger charge is -2.33. The van der Waals surface area contributed by atoms with Crippen LogP contribution in [0.25, 0.3) is 0 Å². The van der Waals surface area contributed by atoms with Crippen molar-refractivity contribution in [2.45, 2.75) is 26.8 Å². The molecule has 0 radical (unpaired) electrons. The Morgan fingerprint density at radius 3 is 2.82 bits per heavy atom. The van der Waals surface area contributed by atoms with Crippen molar-refractivity contribution in [2.75, 3.05) is 25.4 Å². The van der Waals surface area contributed by atoms with Crippen LogP contribution in [0.4, 0.5) is 0 Å².